The smallest absolute Gasteiger partial charge is 0.347 e. The number of hydrogen-bond acceptors (Lipinski definition) is 7. The topological polar surface area (TPSA) is 119 Å². The largest absolute Gasteiger partial charge is 0.507 e. The van der Waals surface area contributed by atoms with Crippen LogP contribution >= 0.6 is 0 Å². The Balaban J connectivity index is 1.65. The van der Waals surface area contributed by atoms with Crippen LogP contribution in [-0.4, -0.2) is 46.6 Å². The Labute approximate surface area is 204 Å². The number of carbonyl (C=O) groups excluding carboxylic acids is 2. The molecule has 1 unspecified atom stereocenters. The summed E-state index contributed by atoms with van der Waals surface area (Å²) >= 11 is 0. The lowest BCUT2D eigenvalue weighted by molar-refractivity contribution is -0.155. The number of fused-ring (bicyclic) bond motifs is 1. The van der Waals surface area contributed by atoms with Gasteiger partial charge < -0.3 is 24.4 Å². The highest BCUT2D eigenvalue weighted by Crippen LogP contribution is 2.38. The molecule has 0 aromatic heterocycles. The summed E-state index contributed by atoms with van der Waals surface area (Å²) < 4.78 is 17.5. The molecule has 2 aromatic rings. The number of carboxylic acid groups (broad SMARTS) is 1. The van der Waals surface area contributed by atoms with Gasteiger partial charge in [-0.05, 0) is 63.4 Å². The van der Waals surface area contributed by atoms with Crippen molar-refractivity contribution in [3.63, 3.8) is 0 Å². The van der Waals surface area contributed by atoms with Gasteiger partial charge in [-0.3, -0.25) is 9.59 Å². The molecule has 1 heterocycles. The first-order valence-electron chi connectivity index (χ1n) is 11.8. The molecule has 1 aliphatic rings. The van der Waals surface area contributed by atoms with Crippen LogP contribution in [0.2, 0.25) is 0 Å². The first-order chi connectivity index (χ1) is 16.6. The molecule has 0 fully saturated rings. The van der Waals surface area contributed by atoms with Crippen molar-refractivity contribution in [3.8, 4) is 23.0 Å². The van der Waals surface area contributed by atoms with Crippen LogP contribution in [0.5, 0.6) is 23.0 Å². The highest BCUT2D eigenvalue weighted by atomic mass is 16.5. The van der Waals surface area contributed by atoms with Gasteiger partial charge in [-0.1, -0.05) is 13.3 Å². The summed E-state index contributed by atoms with van der Waals surface area (Å²) in [5, 5.41) is 19.9. The number of phenols is 1. The maximum atomic E-state index is 12.2. The molecule has 0 radical (unpaired) electrons. The number of rotatable bonds is 11. The van der Waals surface area contributed by atoms with E-state index in [0.29, 0.717) is 60.7 Å². The number of Topliss-reactive ketones (excluding diaryl/α,β-unsaturated/α-hetero) is 2. The Bertz CT molecular complexity index is 1140. The van der Waals surface area contributed by atoms with Crippen LogP contribution < -0.4 is 14.2 Å². The maximum Gasteiger partial charge on any atom is 0.347 e. The van der Waals surface area contributed by atoms with Crippen molar-refractivity contribution in [3.05, 3.63) is 46.5 Å². The van der Waals surface area contributed by atoms with E-state index in [0.717, 1.165) is 12.0 Å². The second kappa shape index (κ2) is 10.8. The fourth-order valence-electron chi connectivity index (χ4n) is 4.06. The van der Waals surface area contributed by atoms with Gasteiger partial charge in [0.25, 0.3) is 0 Å². The lowest BCUT2D eigenvalue weighted by Crippen LogP contribution is -2.44. The number of ketones is 2. The average Bonchev–Trinajstić information content (AvgIpc) is 2.80. The zero-order valence-corrected chi connectivity index (χ0v) is 20.6. The Morgan fingerprint density at radius 1 is 1.03 bits per heavy atom. The van der Waals surface area contributed by atoms with Gasteiger partial charge in [-0.2, -0.15) is 0 Å². The third-order valence-electron chi connectivity index (χ3n) is 6.12. The van der Waals surface area contributed by atoms with E-state index in [2.05, 4.69) is 0 Å². The molecule has 35 heavy (non-hydrogen) atoms. The lowest BCUT2D eigenvalue weighted by atomic mass is 9.91. The molecule has 0 amide bonds. The van der Waals surface area contributed by atoms with Gasteiger partial charge in [-0.25, -0.2) is 4.79 Å². The second-order valence-electron chi connectivity index (χ2n) is 8.95. The number of aliphatic carboxylic acids is 1. The van der Waals surface area contributed by atoms with Crippen LogP contribution in [0.3, 0.4) is 0 Å². The van der Waals surface area contributed by atoms with Crippen molar-refractivity contribution >= 4 is 17.5 Å². The molecule has 8 heteroatoms. The van der Waals surface area contributed by atoms with Crippen molar-refractivity contribution in [2.75, 3.05) is 13.2 Å². The normalized spacial score (nSPS) is 16.7. The standard InChI is InChI=1S/C27H32O8/c1-5-7-20-22(9-8-19(16(2)28)25(20)30)33-12-6-13-34-24-14-18-10-11-27(4,26(31)32)35-23(18)15-21(24)17(3)29/h8-9,14-15,30H,5-7,10-13H2,1-4H3,(H,31,32). The molecule has 0 saturated heterocycles. The predicted octanol–water partition coefficient (Wildman–Crippen LogP) is 4.77. The summed E-state index contributed by atoms with van der Waals surface area (Å²) in [6.07, 6.45) is 2.70. The lowest BCUT2D eigenvalue weighted by Gasteiger charge is -2.32. The van der Waals surface area contributed by atoms with Crippen LogP contribution in [0.15, 0.2) is 24.3 Å². The molecule has 0 saturated carbocycles. The van der Waals surface area contributed by atoms with E-state index in [1.807, 2.05) is 6.92 Å². The minimum absolute atomic E-state index is 0.0329. The minimum atomic E-state index is -1.32. The number of aromatic hydroxyl groups is 1. The monoisotopic (exact) mass is 484 g/mol. The number of carboxylic acids is 1. The summed E-state index contributed by atoms with van der Waals surface area (Å²) in [5.74, 6) is -0.146. The van der Waals surface area contributed by atoms with E-state index >= 15 is 0 Å². The first kappa shape index (κ1) is 26.1. The van der Waals surface area contributed by atoms with E-state index in [9.17, 15) is 24.6 Å². The molecule has 2 aromatic carbocycles. The quantitative estimate of drug-likeness (QED) is 0.346. The van der Waals surface area contributed by atoms with Crippen molar-refractivity contribution < 1.29 is 38.8 Å². The number of benzene rings is 2. The molecule has 2 N–H and O–H groups in total. The predicted molar refractivity (Wildman–Crippen MR) is 129 cm³/mol. The van der Waals surface area contributed by atoms with Gasteiger partial charge in [0.1, 0.15) is 23.0 Å². The number of aryl methyl sites for hydroxylation is 1. The van der Waals surface area contributed by atoms with Crippen molar-refractivity contribution in [1.29, 1.82) is 0 Å². The summed E-state index contributed by atoms with van der Waals surface area (Å²) in [6, 6.07) is 6.56. The third-order valence-corrected chi connectivity index (χ3v) is 6.12. The van der Waals surface area contributed by atoms with Crippen LogP contribution in [0, 0.1) is 0 Å². The van der Waals surface area contributed by atoms with Gasteiger partial charge in [0.05, 0.1) is 24.3 Å². The molecule has 1 aliphatic heterocycles. The van der Waals surface area contributed by atoms with Crippen LogP contribution in [0.1, 0.15) is 78.8 Å². The van der Waals surface area contributed by atoms with E-state index in [1.54, 1.807) is 24.3 Å². The van der Waals surface area contributed by atoms with Gasteiger partial charge >= 0.3 is 5.97 Å². The van der Waals surface area contributed by atoms with Crippen LogP contribution in [-0.2, 0) is 17.6 Å². The molecule has 0 bridgehead atoms. The average molecular weight is 485 g/mol. The fourth-order valence-corrected chi connectivity index (χ4v) is 4.06. The number of ether oxygens (including phenoxy) is 3. The van der Waals surface area contributed by atoms with Crippen molar-refractivity contribution in [2.45, 2.75) is 65.4 Å². The minimum Gasteiger partial charge on any atom is -0.507 e. The number of carbonyl (C=O) groups is 3. The summed E-state index contributed by atoms with van der Waals surface area (Å²) in [6.45, 7) is 6.94. The highest BCUT2D eigenvalue weighted by molar-refractivity contribution is 5.98. The Morgan fingerprint density at radius 2 is 1.69 bits per heavy atom. The summed E-state index contributed by atoms with van der Waals surface area (Å²) in [7, 11) is 0. The zero-order chi connectivity index (χ0) is 25.8. The first-order valence-corrected chi connectivity index (χ1v) is 11.8. The fraction of sp³-hybridized carbons (Fsp3) is 0.444. The summed E-state index contributed by atoms with van der Waals surface area (Å²) in [5.41, 5.74) is 0.692. The van der Waals surface area contributed by atoms with E-state index < -0.39 is 11.6 Å². The van der Waals surface area contributed by atoms with Gasteiger partial charge in [0.15, 0.2) is 11.6 Å². The molecule has 0 aliphatic carbocycles. The molecule has 1 atom stereocenters. The SMILES string of the molecule is CCCc1c(OCCCOc2cc3c(cc2C(C)=O)OC(C)(C(=O)O)CC3)ccc(C(C)=O)c1O. The highest BCUT2D eigenvalue weighted by Gasteiger charge is 2.39. The van der Waals surface area contributed by atoms with Gasteiger partial charge in [-0.15, -0.1) is 0 Å². The molecule has 3 rings (SSSR count). The van der Waals surface area contributed by atoms with Crippen LogP contribution in [0.4, 0.5) is 0 Å². The van der Waals surface area contributed by atoms with Crippen molar-refractivity contribution in [2.24, 2.45) is 0 Å². The Kier molecular flexibility index (Phi) is 8.04. The van der Waals surface area contributed by atoms with Crippen LogP contribution in [0.25, 0.3) is 0 Å². The summed E-state index contributed by atoms with van der Waals surface area (Å²) in [4.78, 5) is 35.5. The number of phenolic OH excluding ortho intramolecular Hbond substituents is 1. The zero-order valence-electron chi connectivity index (χ0n) is 20.6. The van der Waals surface area contributed by atoms with Gasteiger partial charge in [0.2, 0.25) is 5.60 Å². The molecular weight excluding hydrogens is 452 g/mol. The maximum absolute atomic E-state index is 12.2. The van der Waals surface area contributed by atoms with Crippen molar-refractivity contribution in [1.82, 2.24) is 0 Å². The molecule has 0 spiro atoms. The second-order valence-corrected chi connectivity index (χ2v) is 8.95. The number of hydrogen-bond donors (Lipinski definition) is 2. The molecule has 8 nitrogen and oxygen atoms in total. The van der Waals surface area contributed by atoms with Gasteiger partial charge in [0, 0.05) is 18.4 Å². The van der Waals surface area contributed by atoms with E-state index in [-0.39, 0.29) is 29.5 Å². The van der Waals surface area contributed by atoms with E-state index in [4.69, 9.17) is 14.2 Å². The van der Waals surface area contributed by atoms with E-state index in [1.165, 1.54) is 20.8 Å². The third kappa shape index (κ3) is 5.75. The Hall–Kier alpha value is -3.55. The Morgan fingerprint density at radius 3 is 2.29 bits per heavy atom. The molecule has 188 valence electrons. The molecular formula is C27H32O8.